The van der Waals surface area contributed by atoms with Gasteiger partial charge in [-0.25, -0.2) is 0 Å². The lowest BCUT2D eigenvalue weighted by molar-refractivity contribution is -0.138. The Kier molecular flexibility index (Phi) is 5.77. The molecule has 2 heterocycles. The van der Waals surface area contributed by atoms with Crippen molar-refractivity contribution in [2.75, 3.05) is 44.2 Å². The highest BCUT2D eigenvalue weighted by atomic mass is 32.1. The van der Waals surface area contributed by atoms with Crippen molar-refractivity contribution >= 4 is 16.5 Å². The first kappa shape index (κ1) is 16.4. The van der Waals surface area contributed by atoms with Gasteiger partial charge in [-0.15, -0.1) is 10.2 Å². The predicted molar refractivity (Wildman–Crippen MR) is 76.5 cm³/mol. The van der Waals surface area contributed by atoms with Crippen molar-refractivity contribution in [3.8, 4) is 0 Å². The Hall–Kier alpha value is -0.930. The van der Waals surface area contributed by atoms with Crippen LogP contribution in [0.15, 0.2) is 0 Å². The minimum absolute atomic E-state index is 0.367. The molecule has 1 aliphatic heterocycles. The zero-order chi connectivity index (χ0) is 15.3. The fourth-order valence-electron chi connectivity index (χ4n) is 2.32. The monoisotopic (exact) mass is 323 g/mol. The number of anilines is 1. The summed E-state index contributed by atoms with van der Waals surface area (Å²) >= 11 is 0.622. The summed E-state index contributed by atoms with van der Waals surface area (Å²) in [5.41, 5.74) is 5.48. The summed E-state index contributed by atoms with van der Waals surface area (Å²) in [5, 5.41) is 6.43. The molecule has 1 saturated heterocycles. The zero-order valence-electron chi connectivity index (χ0n) is 11.8. The maximum absolute atomic E-state index is 12.6. The lowest BCUT2D eigenvalue weighted by Gasteiger charge is -2.20. The van der Waals surface area contributed by atoms with Crippen molar-refractivity contribution in [3.05, 3.63) is 5.01 Å². The summed E-state index contributed by atoms with van der Waals surface area (Å²) in [6.45, 7) is 4.91. The number of alkyl halides is 3. The van der Waals surface area contributed by atoms with Crippen LogP contribution in [0.2, 0.25) is 0 Å². The van der Waals surface area contributed by atoms with E-state index in [2.05, 4.69) is 15.1 Å². The molecular formula is C12H20F3N5S. The van der Waals surface area contributed by atoms with E-state index < -0.39 is 11.2 Å². The SMILES string of the molecule is NCCCCN1CCCN(c2nnc(C(F)(F)F)s2)CC1. The van der Waals surface area contributed by atoms with Gasteiger partial charge >= 0.3 is 6.18 Å². The quantitative estimate of drug-likeness (QED) is 0.838. The molecule has 0 amide bonds. The van der Waals surface area contributed by atoms with E-state index in [-0.39, 0.29) is 0 Å². The highest BCUT2D eigenvalue weighted by Crippen LogP contribution is 2.34. The Bertz CT molecular complexity index is 437. The van der Waals surface area contributed by atoms with Crippen LogP contribution >= 0.6 is 11.3 Å². The Morgan fingerprint density at radius 3 is 2.57 bits per heavy atom. The van der Waals surface area contributed by atoms with Gasteiger partial charge in [-0.1, -0.05) is 11.3 Å². The maximum atomic E-state index is 12.6. The normalized spacial score (nSPS) is 18.0. The number of nitrogens with two attached hydrogens (primary N) is 1. The summed E-state index contributed by atoms with van der Waals surface area (Å²) in [6.07, 6.45) is -1.42. The van der Waals surface area contributed by atoms with E-state index in [4.69, 9.17) is 5.73 Å². The molecule has 1 aromatic rings. The molecule has 1 fully saturated rings. The van der Waals surface area contributed by atoms with Gasteiger partial charge in [0.15, 0.2) is 0 Å². The van der Waals surface area contributed by atoms with Crippen molar-refractivity contribution in [3.63, 3.8) is 0 Å². The number of unbranched alkanes of at least 4 members (excludes halogenated alkanes) is 1. The van der Waals surface area contributed by atoms with Crippen LogP contribution in [0.3, 0.4) is 0 Å². The molecule has 0 spiro atoms. The van der Waals surface area contributed by atoms with Gasteiger partial charge in [-0.2, -0.15) is 13.2 Å². The number of aromatic nitrogens is 2. The second-order valence-electron chi connectivity index (χ2n) is 5.07. The summed E-state index contributed by atoms with van der Waals surface area (Å²) in [4.78, 5) is 4.23. The average molecular weight is 323 g/mol. The molecular weight excluding hydrogens is 303 g/mol. The molecule has 0 radical (unpaired) electrons. The van der Waals surface area contributed by atoms with Gasteiger partial charge in [0.1, 0.15) is 0 Å². The van der Waals surface area contributed by atoms with E-state index in [1.165, 1.54) is 0 Å². The first-order valence-corrected chi connectivity index (χ1v) is 7.90. The Labute approximate surface area is 125 Å². The van der Waals surface area contributed by atoms with Gasteiger partial charge in [0.2, 0.25) is 10.1 Å². The first-order valence-electron chi connectivity index (χ1n) is 7.09. The Morgan fingerprint density at radius 1 is 1.10 bits per heavy atom. The molecule has 0 saturated carbocycles. The van der Waals surface area contributed by atoms with E-state index in [1.54, 1.807) is 0 Å². The zero-order valence-corrected chi connectivity index (χ0v) is 12.6. The van der Waals surface area contributed by atoms with Crippen LogP contribution in [0.4, 0.5) is 18.3 Å². The Balaban J connectivity index is 1.89. The van der Waals surface area contributed by atoms with Crippen LogP contribution in [0.25, 0.3) is 0 Å². The second-order valence-corrected chi connectivity index (χ2v) is 6.02. The third-order valence-electron chi connectivity index (χ3n) is 3.44. The minimum atomic E-state index is -4.41. The fraction of sp³-hybridized carbons (Fsp3) is 0.833. The van der Waals surface area contributed by atoms with Crippen LogP contribution < -0.4 is 10.6 Å². The average Bonchev–Trinajstić information content (AvgIpc) is 2.81. The largest absolute Gasteiger partial charge is 0.445 e. The van der Waals surface area contributed by atoms with Crippen LogP contribution in [-0.2, 0) is 6.18 Å². The third-order valence-corrected chi connectivity index (χ3v) is 4.47. The summed E-state index contributed by atoms with van der Waals surface area (Å²) < 4.78 is 37.7. The van der Waals surface area contributed by atoms with E-state index in [9.17, 15) is 13.2 Å². The van der Waals surface area contributed by atoms with Crippen molar-refractivity contribution in [2.24, 2.45) is 5.73 Å². The molecule has 21 heavy (non-hydrogen) atoms. The van der Waals surface area contributed by atoms with Gasteiger partial charge in [0, 0.05) is 19.6 Å². The van der Waals surface area contributed by atoms with Gasteiger partial charge < -0.3 is 15.5 Å². The van der Waals surface area contributed by atoms with Crippen molar-refractivity contribution in [1.29, 1.82) is 0 Å². The van der Waals surface area contributed by atoms with Crippen molar-refractivity contribution in [1.82, 2.24) is 15.1 Å². The summed E-state index contributed by atoms with van der Waals surface area (Å²) in [7, 11) is 0. The molecule has 9 heteroatoms. The third kappa shape index (κ3) is 4.79. The molecule has 1 aliphatic rings. The number of hydrogen-bond donors (Lipinski definition) is 1. The van der Waals surface area contributed by atoms with Gasteiger partial charge in [0.25, 0.3) is 0 Å². The molecule has 0 unspecified atom stereocenters. The highest BCUT2D eigenvalue weighted by molar-refractivity contribution is 7.15. The molecule has 2 N–H and O–H groups in total. The molecule has 0 bridgehead atoms. The van der Waals surface area contributed by atoms with Crippen LogP contribution in [-0.4, -0.2) is 54.4 Å². The lowest BCUT2D eigenvalue weighted by atomic mass is 10.3. The smallest absolute Gasteiger partial charge is 0.345 e. The second kappa shape index (κ2) is 7.37. The maximum Gasteiger partial charge on any atom is 0.445 e. The van der Waals surface area contributed by atoms with Crippen molar-refractivity contribution in [2.45, 2.75) is 25.4 Å². The Morgan fingerprint density at radius 2 is 1.90 bits per heavy atom. The molecule has 1 aromatic heterocycles. The van der Waals surface area contributed by atoms with E-state index in [0.717, 1.165) is 45.4 Å². The molecule has 120 valence electrons. The first-order chi connectivity index (χ1) is 10.0. The fourth-order valence-corrected chi connectivity index (χ4v) is 3.09. The number of nitrogens with zero attached hydrogens (tertiary/aromatic N) is 4. The molecule has 5 nitrogen and oxygen atoms in total. The standard InChI is InChI=1S/C12H20F3N5S/c13-12(14,15)10-17-18-11(21-10)20-7-3-6-19(8-9-20)5-2-1-4-16/h1-9,16H2. The van der Waals surface area contributed by atoms with Gasteiger partial charge in [-0.3, -0.25) is 0 Å². The van der Waals surface area contributed by atoms with Crippen molar-refractivity contribution < 1.29 is 13.2 Å². The minimum Gasteiger partial charge on any atom is -0.345 e. The van der Waals surface area contributed by atoms with E-state index in [0.29, 0.717) is 29.6 Å². The van der Waals surface area contributed by atoms with Crippen LogP contribution in [0.5, 0.6) is 0 Å². The molecule has 0 aliphatic carbocycles. The van der Waals surface area contributed by atoms with Gasteiger partial charge in [-0.05, 0) is 38.9 Å². The van der Waals surface area contributed by atoms with Gasteiger partial charge in [0.05, 0.1) is 0 Å². The topological polar surface area (TPSA) is 58.3 Å². The van der Waals surface area contributed by atoms with E-state index in [1.807, 2.05) is 4.90 Å². The van der Waals surface area contributed by atoms with Crippen LogP contribution in [0.1, 0.15) is 24.3 Å². The summed E-state index contributed by atoms with van der Waals surface area (Å²) in [5.74, 6) is 0. The predicted octanol–water partition coefficient (Wildman–Crippen LogP) is 1.81. The lowest BCUT2D eigenvalue weighted by Crippen LogP contribution is -2.31. The van der Waals surface area contributed by atoms with Crippen LogP contribution in [0, 0.1) is 0 Å². The molecule has 0 aromatic carbocycles. The molecule has 0 atom stereocenters. The molecule has 2 rings (SSSR count). The number of rotatable bonds is 5. The highest BCUT2D eigenvalue weighted by Gasteiger charge is 2.36. The van der Waals surface area contributed by atoms with E-state index >= 15 is 0 Å². The number of hydrogen-bond acceptors (Lipinski definition) is 6. The number of halogens is 3. The summed E-state index contributed by atoms with van der Waals surface area (Å²) in [6, 6.07) is 0.